The van der Waals surface area contributed by atoms with E-state index in [-0.39, 0.29) is 18.2 Å². The number of amides is 1. The minimum Gasteiger partial charge on any atom is -0.486 e. The quantitative estimate of drug-likeness (QED) is 0.343. The van der Waals surface area contributed by atoms with Crippen molar-refractivity contribution in [3.63, 3.8) is 0 Å². The Labute approximate surface area is 188 Å². The largest absolute Gasteiger partial charge is 0.486 e. The standard InChI is InChI=1S/C18H22F3IN2O5S/c1-16(2,14(25)26)8-11-9-24(30-22)12-7-10(5-6-13(12)28-11)23-15(27)29-17(3,4)18(19,20)21/h5-7,11H,8-9H2,1-4H3,(H,23,27)(H,25,26)/t11-/m0/s1. The summed E-state index contributed by atoms with van der Waals surface area (Å²) in [5, 5.41) is 11.6. The van der Waals surface area contributed by atoms with E-state index in [1.165, 1.54) is 15.2 Å². The van der Waals surface area contributed by atoms with Gasteiger partial charge in [-0.15, -0.1) is 0 Å². The van der Waals surface area contributed by atoms with Gasteiger partial charge in [0.15, 0.2) is 0 Å². The molecule has 168 valence electrons. The van der Waals surface area contributed by atoms with Crippen molar-refractivity contribution >= 4 is 53.8 Å². The number of nitrogens with one attached hydrogen (secondary N) is 1. The highest BCUT2D eigenvalue weighted by molar-refractivity contribution is 14.2. The summed E-state index contributed by atoms with van der Waals surface area (Å²) in [6, 6.07) is 4.60. The van der Waals surface area contributed by atoms with Gasteiger partial charge in [0.2, 0.25) is 5.60 Å². The Morgan fingerprint density at radius 3 is 2.50 bits per heavy atom. The third-order valence-corrected chi connectivity index (χ3v) is 6.51. The van der Waals surface area contributed by atoms with Crippen molar-refractivity contribution in [3.05, 3.63) is 18.2 Å². The molecule has 0 unspecified atom stereocenters. The van der Waals surface area contributed by atoms with Gasteiger partial charge in [-0.3, -0.25) is 10.1 Å². The molecule has 0 aromatic heterocycles. The molecule has 0 spiro atoms. The molecular formula is C18H22F3IN2O5S. The fraction of sp³-hybridized carbons (Fsp3) is 0.556. The van der Waals surface area contributed by atoms with Gasteiger partial charge in [0.1, 0.15) is 11.9 Å². The first-order valence-electron chi connectivity index (χ1n) is 8.83. The number of anilines is 2. The zero-order chi connectivity index (χ0) is 22.9. The first-order valence-corrected chi connectivity index (χ1v) is 12.1. The zero-order valence-electron chi connectivity index (χ0n) is 16.7. The van der Waals surface area contributed by atoms with Gasteiger partial charge in [0.25, 0.3) is 0 Å². The lowest BCUT2D eigenvalue weighted by molar-refractivity contribution is -0.242. The van der Waals surface area contributed by atoms with Gasteiger partial charge in [-0.25, -0.2) is 4.79 Å². The number of hydrogen-bond acceptors (Lipinski definition) is 6. The second-order valence-electron chi connectivity index (χ2n) is 7.97. The molecule has 30 heavy (non-hydrogen) atoms. The van der Waals surface area contributed by atoms with E-state index in [0.717, 1.165) is 13.8 Å². The van der Waals surface area contributed by atoms with E-state index in [0.29, 0.717) is 18.0 Å². The minimum absolute atomic E-state index is 0.236. The maximum Gasteiger partial charge on any atom is 0.427 e. The first-order chi connectivity index (χ1) is 13.7. The molecule has 0 saturated heterocycles. The predicted molar refractivity (Wildman–Crippen MR) is 116 cm³/mol. The highest BCUT2D eigenvalue weighted by Crippen LogP contribution is 2.43. The molecule has 1 aromatic carbocycles. The smallest absolute Gasteiger partial charge is 0.427 e. The molecular weight excluding hydrogens is 540 g/mol. The SMILES string of the molecule is CC(C)(C[C@H]1CN(SI)c2cc(NC(=O)OC(C)(C)C(F)(F)F)ccc2O1)C(=O)O. The summed E-state index contributed by atoms with van der Waals surface area (Å²) in [6.07, 6.45) is -6.03. The van der Waals surface area contributed by atoms with Crippen LogP contribution in [0.3, 0.4) is 0 Å². The van der Waals surface area contributed by atoms with Gasteiger partial charge in [0.05, 0.1) is 17.6 Å². The molecule has 1 aliphatic rings. The number of ether oxygens (including phenoxy) is 2. The van der Waals surface area contributed by atoms with E-state index in [4.69, 9.17) is 4.74 Å². The average molecular weight is 562 g/mol. The Bertz CT molecular complexity index is 820. The summed E-state index contributed by atoms with van der Waals surface area (Å²) in [6.45, 7) is 5.17. The highest BCUT2D eigenvalue weighted by atomic mass is 127. The molecule has 1 aliphatic heterocycles. The Hall–Kier alpha value is -1.57. The van der Waals surface area contributed by atoms with Crippen LogP contribution in [0.5, 0.6) is 5.75 Å². The number of carbonyl (C=O) groups excluding carboxylic acids is 1. The molecule has 1 atom stereocenters. The summed E-state index contributed by atoms with van der Waals surface area (Å²) in [5.41, 5.74) is -2.77. The van der Waals surface area contributed by atoms with E-state index in [9.17, 15) is 27.9 Å². The molecule has 1 heterocycles. The van der Waals surface area contributed by atoms with E-state index in [1.54, 1.807) is 26.0 Å². The van der Waals surface area contributed by atoms with Crippen LogP contribution < -0.4 is 14.4 Å². The molecule has 12 heteroatoms. The first kappa shape index (κ1) is 24.7. The summed E-state index contributed by atoms with van der Waals surface area (Å²) in [7, 11) is 1.35. The maximum absolute atomic E-state index is 12.9. The van der Waals surface area contributed by atoms with Crippen LogP contribution in [0.1, 0.15) is 34.1 Å². The Kier molecular flexibility index (Phi) is 7.32. The number of carbonyl (C=O) groups is 2. The Morgan fingerprint density at radius 2 is 1.97 bits per heavy atom. The minimum atomic E-state index is -4.71. The van der Waals surface area contributed by atoms with Crippen molar-refractivity contribution in [2.75, 3.05) is 16.2 Å². The van der Waals surface area contributed by atoms with Crippen molar-refractivity contribution in [1.29, 1.82) is 0 Å². The van der Waals surface area contributed by atoms with Gasteiger partial charge >= 0.3 is 18.2 Å². The number of fused-ring (bicyclic) bond motifs is 1. The summed E-state index contributed by atoms with van der Waals surface area (Å²) in [4.78, 5) is 23.3. The lowest BCUT2D eigenvalue weighted by Gasteiger charge is -2.36. The fourth-order valence-corrected chi connectivity index (χ4v) is 4.21. The van der Waals surface area contributed by atoms with Crippen LogP contribution >= 0.6 is 30.3 Å². The topological polar surface area (TPSA) is 88.1 Å². The normalized spacial score (nSPS) is 17.1. The van der Waals surface area contributed by atoms with Crippen molar-refractivity contribution in [1.82, 2.24) is 0 Å². The molecule has 1 amide bonds. The zero-order valence-corrected chi connectivity index (χ0v) is 19.6. The van der Waals surface area contributed by atoms with E-state index < -0.39 is 29.3 Å². The number of alkyl halides is 3. The number of halogens is 4. The van der Waals surface area contributed by atoms with Gasteiger partial charge in [-0.05, 0) is 45.9 Å². The van der Waals surface area contributed by atoms with Gasteiger partial charge in [0, 0.05) is 42.4 Å². The molecule has 2 rings (SSSR count). The van der Waals surface area contributed by atoms with Gasteiger partial charge in [-0.2, -0.15) is 13.2 Å². The second-order valence-corrected chi connectivity index (χ2v) is 9.73. The number of aliphatic carboxylic acids is 1. The second kappa shape index (κ2) is 8.89. The lowest BCUT2D eigenvalue weighted by atomic mass is 9.86. The van der Waals surface area contributed by atoms with Crippen LogP contribution in [-0.2, 0) is 9.53 Å². The molecule has 7 nitrogen and oxygen atoms in total. The molecule has 0 aliphatic carbocycles. The third kappa shape index (κ3) is 5.77. The van der Waals surface area contributed by atoms with E-state index in [2.05, 4.69) is 31.3 Å². The molecule has 0 bridgehead atoms. The van der Waals surface area contributed by atoms with E-state index >= 15 is 0 Å². The number of carboxylic acids is 1. The predicted octanol–water partition coefficient (Wildman–Crippen LogP) is 5.64. The van der Waals surface area contributed by atoms with Gasteiger partial charge < -0.3 is 18.9 Å². The molecule has 0 radical (unpaired) electrons. The third-order valence-electron chi connectivity index (χ3n) is 4.57. The van der Waals surface area contributed by atoms with Crippen LogP contribution in [-0.4, -0.2) is 41.6 Å². The van der Waals surface area contributed by atoms with Crippen molar-refractivity contribution in [3.8, 4) is 5.75 Å². The number of benzene rings is 1. The summed E-state index contributed by atoms with van der Waals surface area (Å²) < 4.78 is 51.0. The van der Waals surface area contributed by atoms with E-state index in [1.807, 2.05) is 4.31 Å². The number of carboxylic acid groups (broad SMARTS) is 1. The maximum atomic E-state index is 12.9. The molecule has 2 N–H and O–H groups in total. The van der Waals surface area contributed by atoms with Crippen LogP contribution in [0.2, 0.25) is 0 Å². The number of rotatable bonds is 6. The number of hydrogen-bond donors (Lipinski definition) is 2. The van der Waals surface area contributed by atoms with Crippen molar-refractivity contribution in [2.24, 2.45) is 5.41 Å². The summed E-state index contributed by atoms with van der Waals surface area (Å²) in [5.74, 6) is -0.448. The molecule has 0 saturated carbocycles. The van der Waals surface area contributed by atoms with Gasteiger partial charge in [-0.1, -0.05) is 0 Å². The van der Waals surface area contributed by atoms with Crippen LogP contribution in [0.4, 0.5) is 29.3 Å². The van der Waals surface area contributed by atoms with Crippen LogP contribution in [0, 0.1) is 5.41 Å². The lowest BCUT2D eigenvalue weighted by Crippen LogP contribution is -2.44. The number of nitrogens with zero attached hydrogens (tertiary/aromatic N) is 1. The summed E-state index contributed by atoms with van der Waals surface area (Å²) >= 11 is 2.06. The molecule has 1 aromatic rings. The van der Waals surface area contributed by atoms with Crippen LogP contribution in [0.15, 0.2) is 18.2 Å². The monoisotopic (exact) mass is 562 g/mol. The van der Waals surface area contributed by atoms with Crippen molar-refractivity contribution < 1.29 is 37.3 Å². The Balaban J connectivity index is 2.15. The fourth-order valence-electron chi connectivity index (χ4n) is 2.65. The average Bonchev–Trinajstić information content (AvgIpc) is 2.59. The molecule has 0 fully saturated rings. The Morgan fingerprint density at radius 1 is 1.33 bits per heavy atom. The highest BCUT2D eigenvalue weighted by Gasteiger charge is 2.51. The van der Waals surface area contributed by atoms with Crippen molar-refractivity contribution in [2.45, 2.75) is 52.0 Å². The van der Waals surface area contributed by atoms with Crippen LogP contribution in [0.25, 0.3) is 0 Å².